The molecule has 8 nitrogen and oxygen atoms in total. The summed E-state index contributed by atoms with van der Waals surface area (Å²) in [6.45, 7) is 4.42. The number of aromatic nitrogens is 3. The molecule has 3 aromatic heterocycles. The Morgan fingerprint density at radius 3 is 2.93 bits per heavy atom. The van der Waals surface area contributed by atoms with Gasteiger partial charge in [-0.25, -0.2) is 0 Å². The summed E-state index contributed by atoms with van der Waals surface area (Å²) in [6.07, 6.45) is 4.36. The number of anilines is 1. The molecule has 10 heteroatoms. The fourth-order valence-electron chi connectivity index (χ4n) is 3.43. The summed E-state index contributed by atoms with van der Waals surface area (Å²) >= 11 is 2.76. The second-order valence-electron chi connectivity index (χ2n) is 6.70. The van der Waals surface area contributed by atoms with Gasteiger partial charge in [0.25, 0.3) is 5.91 Å². The number of primary amides is 1. The number of furan rings is 1. The SMILES string of the molecule is CCn1c(S[C@H](C)C(=O)Nc2sc3c(c2C(N)=O)CCC3)nnc1-c1ccco1. The van der Waals surface area contributed by atoms with Gasteiger partial charge in [-0.15, -0.1) is 21.5 Å². The number of carbonyl (C=O) groups is 2. The van der Waals surface area contributed by atoms with Gasteiger partial charge in [0.1, 0.15) is 5.00 Å². The number of nitrogens with one attached hydrogen (secondary N) is 1. The number of thioether (sulfide) groups is 1. The highest BCUT2D eigenvalue weighted by atomic mass is 32.2. The predicted octanol–water partition coefficient (Wildman–Crippen LogP) is 3.33. The maximum Gasteiger partial charge on any atom is 0.251 e. The second-order valence-corrected chi connectivity index (χ2v) is 9.12. The lowest BCUT2D eigenvalue weighted by Crippen LogP contribution is -2.24. The van der Waals surface area contributed by atoms with Gasteiger partial charge >= 0.3 is 0 Å². The number of thiophene rings is 1. The van der Waals surface area contributed by atoms with Crippen molar-refractivity contribution in [3.8, 4) is 11.6 Å². The molecule has 3 heterocycles. The number of aryl methyl sites for hydroxylation is 1. The Hall–Kier alpha value is -2.59. The van der Waals surface area contributed by atoms with Crippen LogP contribution in [0.15, 0.2) is 28.0 Å². The van der Waals surface area contributed by atoms with Crippen molar-refractivity contribution >= 4 is 39.9 Å². The molecule has 0 saturated heterocycles. The van der Waals surface area contributed by atoms with Crippen LogP contribution in [0.1, 0.15) is 41.1 Å². The molecule has 0 fully saturated rings. The molecular weight excluding hydrogens is 410 g/mol. The minimum atomic E-state index is -0.492. The molecule has 1 aliphatic rings. The zero-order chi connectivity index (χ0) is 20.5. The Balaban J connectivity index is 1.51. The molecule has 0 spiro atoms. The number of carbonyl (C=O) groups excluding carboxylic acids is 2. The van der Waals surface area contributed by atoms with Crippen LogP contribution in [0.2, 0.25) is 0 Å². The van der Waals surface area contributed by atoms with Crippen LogP contribution in [0.25, 0.3) is 11.6 Å². The fourth-order valence-corrected chi connectivity index (χ4v) is 5.64. The Kier molecular flexibility index (Phi) is 5.46. The highest BCUT2D eigenvalue weighted by molar-refractivity contribution is 8.00. The van der Waals surface area contributed by atoms with Crippen LogP contribution in [0.4, 0.5) is 5.00 Å². The standard InChI is InChI=1S/C19H21N5O3S2/c1-3-24-16(12-7-5-9-27-12)22-23-19(24)28-10(2)17(26)21-18-14(15(20)25)11-6-4-8-13(11)29-18/h5,7,9-10H,3-4,6,8H2,1-2H3,(H2,20,25)(H,21,26)/t10-/m1/s1. The van der Waals surface area contributed by atoms with E-state index >= 15 is 0 Å². The second kappa shape index (κ2) is 8.03. The molecule has 152 valence electrons. The lowest BCUT2D eigenvalue weighted by molar-refractivity contribution is -0.115. The van der Waals surface area contributed by atoms with Crippen molar-refractivity contribution in [2.75, 3.05) is 5.32 Å². The number of amides is 2. The van der Waals surface area contributed by atoms with Crippen LogP contribution in [-0.2, 0) is 24.2 Å². The monoisotopic (exact) mass is 431 g/mol. The maximum atomic E-state index is 12.8. The van der Waals surface area contributed by atoms with Gasteiger partial charge in [-0.05, 0) is 50.8 Å². The van der Waals surface area contributed by atoms with Crippen molar-refractivity contribution in [1.29, 1.82) is 0 Å². The van der Waals surface area contributed by atoms with Crippen molar-refractivity contribution in [2.45, 2.75) is 50.1 Å². The van der Waals surface area contributed by atoms with Crippen LogP contribution < -0.4 is 11.1 Å². The molecule has 3 aromatic rings. The summed E-state index contributed by atoms with van der Waals surface area (Å²) in [5.74, 6) is 0.553. The first-order valence-corrected chi connectivity index (χ1v) is 11.1. The van der Waals surface area contributed by atoms with E-state index in [4.69, 9.17) is 10.2 Å². The van der Waals surface area contributed by atoms with Crippen molar-refractivity contribution in [2.24, 2.45) is 5.73 Å². The zero-order valence-corrected chi connectivity index (χ0v) is 17.7. The van der Waals surface area contributed by atoms with Gasteiger partial charge in [-0.1, -0.05) is 11.8 Å². The normalized spacial score (nSPS) is 14.0. The third-order valence-electron chi connectivity index (χ3n) is 4.83. The molecule has 1 aliphatic carbocycles. The summed E-state index contributed by atoms with van der Waals surface area (Å²) in [5, 5.41) is 12.1. The van der Waals surface area contributed by atoms with Crippen LogP contribution in [0.3, 0.4) is 0 Å². The Bertz CT molecular complexity index is 1050. The van der Waals surface area contributed by atoms with Gasteiger partial charge in [-0.2, -0.15) is 0 Å². The topological polar surface area (TPSA) is 116 Å². The van der Waals surface area contributed by atoms with Gasteiger partial charge in [0.15, 0.2) is 16.7 Å². The Morgan fingerprint density at radius 2 is 2.24 bits per heavy atom. The van der Waals surface area contributed by atoms with Crippen LogP contribution in [-0.4, -0.2) is 31.8 Å². The molecule has 3 N–H and O–H groups in total. The van der Waals surface area contributed by atoms with Gasteiger partial charge in [-0.3, -0.25) is 14.2 Å². The van der Waals surface area contributed by atoms with E-state index in [-0.39, 0.29) is 5.91 Å². The number of hydrogen-bond donors (Lipinski definition) is 2. The quantitative estimate of drug-likeness (QED) is 0.554. The first-order chi connectivity index (χ1) is 14.0. The first kappa shape index (κ1) is 19.7. The number of nitrogens with two attached hydrogens (primary N) is 1. The molecule has 0 bridgehead atoms. The molecule has 0 saturated carbocycles. The average molecular weight is 432 g/mol. The van der Waals surface area contributed by atoms with E-state index in [1.165, 1.54) is 23.1 Å². The summed E-state index contributed by atoms with van der Waals surface area (Å²) in [4.78, 5) is 25.9. The van der Waals surface area contributed by atoms with Crippen molar-refractivity contribution in [3.63, 3.8) is 0 Å². The molecule has 0 aromatic carbocycles. The molecule has 0 unspecified atom stereocenters. The largest absolute Gasteiger partial charge is 0.461 e. The molecule has 29 heavy (non-hydrogen) atoms. The van der Waals surface area contributed by atoms with E-state index < -0.39 is 11.2 Å². The van der Waals surface area contributed by atoms with Gasteiger partial charge in [0.2, 0.25) is 5.91 Å². The minimum absolute atomic E-state index is 0.206. The minimum Gasteiger partial charge on any atom is -0.461 e. The smallest absolute Gasteiger partial charge is 0.251 e. The van der Waals surface area contributed by atoms with Crippen molar-refractivity contribution in [1.82, 2.24) is 14.8 Å². The van der Waals surface area contributed by atoms with Gasteiger partial charge in [0, 0.05) is 11.4 Å². The average Bonchev–Trinajstić information content (AvgIpc) is 3.44. The van der Waals surface area contributed by atoms with Crippen LogP contribution in [0.5, 0.6) is 0 Å². The molecule has 1 atom stereocenters. The highest BCUT2D eigenvalue weighted by Crippen LogP contribution is 2.39. The number of fused-ring (bicyclic) bond motifs is 1. The zero-order valence-electron chi connectivity index (χ0n) is 16.1. The van der Waals surface area contributed by atoms with E-state index in [1.54, 1.807) is 19.3 Å². The predicted molar refractivity (Wildman–Crippen MR) is 112 cm³/mol. The van der Waals surface area contributed by atoms with Crippen LogP contribution >= 0.6 is 23.1 Å². The van der Waals surface area contributed by atoms with Gasteiger partial charge in [0.05, 0.1) is 17.1 Å². The van der Waals surface area contributed by atoms with Gasteiger partial charge < -0.3 is 15.5 Å². The Labute approximate surface area is 175 Å². The molecule has 0 radical (unpaired) electrons. The number of nitrogens with zero attached hydrogens (tertiary/aromatic N) is 3. The molecule has 2 amide bonds. The fraction of sp³-hybridized carbons (Fsp3) is 0.368. The van der Waals surface area contributed by atoms with Crippen molar-refractivity contribution < 1.29 is 14.0 Å². The summed E-state index contributed by atoms with van der Waals surface area (Å²) in [6, 6.07) is 3.61. The maximum absolute atomic E-state index is 12.8. The Morgan fingerprint density at radius 1 is 1.41 bits per heavy atom. The summed E-state index contributed by atoms with van der Waals surface area (Å²) in [7, 11) is 0. The summed E-state index contributed by atoms with van der Waals surface area (Å²) in [5.41, 5.74) is 7.03. The molecule has 4 rings (SSSR count). The molecule has 0 aliphatic heterocycles. The number of hydrogen-bond acceptors (Lipinski definition) is 7. The highest BCUT2D eigenvalue weighted by Gasteiger charge is 2.28. The lowest BCUT2D eigenvalue weighted by atomic mass is 10.1. The third kappa shape index (κ3) is 3.69. The van der Waals surface area contributed by atoms with E-state index in [1.807, 2.05) is 17.6 Å². The summed E-state index contributed by atoms with van der Waals surface area (Å²) < 4.78 is 7.32. The van der Waals surface area contributed by atoms with Crippen LogP contribution in [0, 0.1) is 0 Å². The van der Waals surface area contributed by atoms with E-state index in [2.05, 4.69) is 15.5 Å². The van der Waals surface area contributed by atoms with Crippen molar-refractivity contribution in [3.05, 3.63) is 34.4 Å². The van der Waals surface area contributed by atoms with E-state index in [0.717, 1.165) is 29.7 Å². The van der Waals surface area contributed by atoms with E-state index in [0.29, 0.717) is 33.9 Å². The molecular formula is C19H21N5O3S2. The number of rotatable bonds is 7. The lowest BCUT2D eigenvalue weighted by Gasteiger charge is -2.12. The van der Waals surface area contributed by atoms with E-state index in [9.17, 15) is 9.59 Å². The first-order valence-electron chi connectivity index (χ1n) is 9.38. The third-order valence-corrected chi connectivity index (χ3v) is 7.12.